The Bertz CT molecular complexity index is 662. The van der Waals surface area contributed by atoms with Gasteiger partial charge >= 0.3 is 0 Å². The summed E-state index contributed by atoms with van der Waals surface area (Å²) in [6.07, 6.45) is 2.03. The number of aromatic nitrogens is 1. The Labute approximate surface area is 142 Å². The summed E-state index contributed by atoms with van der Waals surface area (Å²) in [5.41, 5.74) is 1.18. The van der Waals surface area contributed by atoms with Gasteiger partial charge in [0, 0.05) is 19.2 Å². The second-order valence-corrected chi connectivity index (χ2v) is 7.14. The number of hydrogen-bond donors (Lipinski definition) is 2. The van der Waals surface area contributed by atoms with Gasteiger partial charge in [-0.05, 0) is 36.3 Å². The first-order valence-electron chi connectivity index (χ1n) is 8.38. The fraction of sp³-hybridized carbons (Fsp3) is 0.611. The number of hydrogen-bond acceptors (Lipinski definition) is 6. The zero-order valence-electron chi connectivity index (χ0n) is 14.5. The monoisotopic (exact) mass is 334 g/mol. The second kappa shape index (κ2) is 7.09. The molecule has 0 saturated heterocycles. The molecule has 0 bridgehead atoms. The van der Waals surface area contributed by atoms with Crippen LogP contribution in [0.3, 0.4) is 0 Å². The Balaban J connectivity index is 1.50. The molecule has 2 unspecified atom stereocenters. The van der Waals surface area contributed by atoms with Gasteiger partial charge in [-0.3, -0.25) is 0 Å². The maximum atomic E-state index is 9.04. The molecule has 2 heterocycles. The average molecular weight is 334 g/mol. The fourth-order valence-electron chi connectivity index (χ4n) is 3.45. The van der Waals surface area contributed by atoms with Crippen LogP contribution in [-0.4, -0.2) is 23.4 Å². The fourth-order valence-corrected chi connectivity index (χ4v) is 3.45. The van der Waals surface area contributed by atoms with Gasteiger partial charge < -0.3 is 24.1 Å². The largest absolute Gasteiger partial charge is 0.462 e. The Morgan fingerprint density at radius 2 is 2.12 bits per heavy atom. The smallest absolute Gasteiger partial charge is 0.162 e. The van der Waals surface area contributed by atoms with Crippen LogP contribution in [0.15, 0.2) is 27.1 Å². The molecule has 6 heteroatoms. The topological polar surface area (TPSA) is 80.7 Å². The zero-order chi connectivity index (χ0) is 17.2. The van der Waals surface area contributed by atoms with Crippen molar-refractivity contribution in [2.45, 2.75) is 52.5 Å². The van der Waals surface area contributed by atoms with E-state index in [9.17, 15) is 0 Å². The van der Waals surface area contributed by atoms with E-state index in [1.807, 2.05) is 18.2 Å². The number of aliphatic hydroxyl groups excluding tert-OH is 1. The van der Waals surface area contributed by atoms with E-state index >= 15 is 0 Å². The summed E-state index contributed by atoms with van der Waals surface area (Å²) in [4.78, 5) is 0. The highest BCUT2D eigenvalue weighted by Gasteiger charge is 2.47. The van der Waals surface area contributed by atoms with Gasteiger partial charge in [-0.15, -0.1) is 0 Å². The van der Waals surface area contributed by atoms with Crippen molar-refractivity contribution in [3.8, 4) is 0 Å². The molecule has 0 aliphatic heterocycles. The Morgan fingerprint density at radius 3 is 2.79 bits per heavy atom. The van der Waals surface area contributed by atoms with Gasteiger partial charge in [0.25, 0.3) is 0 Å². The van der Waals surface area contributed by atoms with Crippen LogP contribution in [0.2, 0.25) is 0 Å². The lowest BCUT2D eigenvalue weighted by Gasteiger charge is -2.52. The predicted molar refractivity (Wildman–Crippen MR) is 88.1 cm³/mol. The third-order valence-electron chi connectivity index (χ3n) is 5.22. The summed E-state index contributed by atoms with van der Waals surface area (Å²) in [6, 6.07) is 6.15. The minimum absolute atomic E-state index is 0.0558. The number of furan rings is 1. The lowest BCUT2D eigenvalue weighted by Crippen LogP contribution is -2.57. The van der Waals surface area contributed by atoms with E-state index in [0.717, 1.165) is 30.1 Å². The van der Waals surface area contributed by atoms with Crippen molar-refractivity contribution in [3.05, 3.63) is 41.2 Å². The molecule has 2 aromatic rings. The molecular weight excluding hydrogens is 308 g/mol. The lowest BCUT2D eigenvalue weighted by atomic mass is 9.57. The summed E-state index contributed by atoms with van der Waals surface area (Å²) in [7, 11) is 1.65. The molecule has 3 rings (SSSR count). The van der Waals surface area contributed by atoms with E-state index in [1.54, 1.807) is 7.11 Å². The van der Waals surface area contributed by atoms with E-state index in [1.165, 1.54) is 0 Å². The molecule has 132 valence electrons. The average Bonchev–Trinajstić information content (AvgIpc) is 3.19. The Hall–Kier alpha value is -1.63. The summed E-state index contributed by atoms with van der Waals surface area (Å²) < 4.78 is 15.8. The van der Waals surface area contributed by atoms with E-state index in [2.05, 4.69) is 24.3 Å². The van der Waals surface area contributed by atoms with Crippen molar-refractivity contribution in [3.63, 3.8) is 0 Å². The minimum atomic E-state index is -0.0558. The first kappa shape index (κ1) is 17.2. The van der Waals surface area contributed by atoms with Gasteiger partial charge in [0.2, 0.25) is 0 Å². The molecule has 1 aliphatic rings. The Kier molecular flexibility index (Phi) is 5.08. The first-order valence-corrected chi connectivity index (χ1v) is 8.38. The van der Waals surface area contributed by atoms with E-state index in [4.69, 9.17) is 18.8 Å². The maximum Gasteiger partial charge on any atom is 0.162 e. The van der Waals surface area contributed by atoms with Gasteiger partial charge in [0.05, 0.1) is 12.2 Å². The molecule has 24 heavy (non-hydrogen) atoms. The van der Waals surface area contributed by atoms with Crippen molar-refractivity contribution in [2.24, 2.45) is 11.3 Å². The van der Waals surface area contributed by atoms with Gasteiger partial charge in [-0.1, -0.05) is 19.0 Å². The summed E-state index contributed by atoms with van der Waals surface area (Å²) in [6.45, 7) is 5.67. The highest BCUT2D eigenvalue weighted by molar-refractivity contribution is 5.12. The van der Waals surface area contributed by atoms with Crippen LogP contribution in [0.25, 0.3) is 0 Å². The third-order valence-corrected chi connectivity index (χ3v) is 5.22. The number of nitrogens with one attached hydrogen (secondary N) is 1. The van der Waals surface area contributed by atoms with Gasteiger partial charge in [0.1, 0.15) is 24.7 Å². The molecule has 0 spiro atoms. The highest BCUT2D eigenvalue weighted by atomic mass is 16.5. The molecule has 6 nitrogen and oxygen atoms in total. The molecular formula is C18H26N2O4. The summed E-state index contributed by atoms with van der Waals surface area (Å²) >= 11 is 0. The number of rotatable bonds is 8. The minimum Gasteiger partial charge on any atom is -0.462 e. The van der Waals surface area contributed by atoms with Crippen LogP contribution in [0, 0.1) is 11.3 Å². The van der Waals surface area contributed by atoms with E-state index in [-0.39, 0.29) is 12.0 Å². The number of nitrogens with zero attached hydrogens (tertiary/aromatic N) is 1. The number of aliphatic hydroxyl groups is 1. The number of ether oxygens (including phenoxy) is 1. The molecule has 2 aromatic heterocycles. The molecule has 1 aliphatic carbocycles. The van der Waals surface area contributed by atoms with Crippen molar-refractivity contribution in [1.29, 1.82) is 0 Å². The van der Waals surface area contributed by atoms with E-state index in [0.29, 0.717) is 30.9 Å². The molecule has 0 radical (unpaired) electrons. The van der Waals surface area contributed by atoms with Crippen LogP contribution in [0.4, 0.5) is 0 Å². The molecule has 0 aromatic carbocycles. The summed E-state index contributed by atoms with van der Waals surface area (Å²) in [5, 5.41) is 16.7. The van der Waals surface area contributed by atoms with Crippen LogP contribution in [-0.2, 0) is 30.9 Å². The zero-order valence-corrected chi connectivity index (χ0v) is 14.5. The lowest BCUT2D eigenvalue weighted by molar-refractivity contribution is 0.0114. The molecule has 2 N–H and O–H groups in total. The first-order chi connectivity index (χ1) is 11.5. The van der Waals surface area contributed by atoms with Gasteiger partial charge in [-0.25, -0.2) is 0 Å². The molecule has 1 saturated carbocycles. The predicted octanol–water partition coefficient (Wildman–Crippen LogP) is 2.65. The van der Waals surface area contributed by atoms with Crippen molar-refractivity contribution in [2.75, 3.05) is 7.11 Å². The molecule has 1 fully saturated rings. The second-order valence-electron chi connectivity index (χ2n) is 7.14. The van der Waals surface area contributed by atoms with Crippen LogP contribution >= 0.6 is 0 Å². The Morgan fingerprint density at radius 1 is 1.33 bits per heavy atom. The van der Waals surface area contributed by atoms with Gasteiger partial charge in [-0.2, -0.15) is 0 Å². The quantitative estimate of drug-likeness (QED) is 0.772. The number of methoxy groups -OCH3 is 1. The van der Waals surface area contributed by atoms with Crippen LogP contribution in [0.5, 0.6) is 0 Å². The third kappa shape index (κ3) is 3.55. The standard InChI is InChI=1S/C18H26N2O4/c1-18(2)12(6-13-8-16(11-22-3)24-20-13)7-17(18)19-9-14-4-5-15(10-21)23-14/h4-5,8,12,17,19,21H,6-7,9-11H2,1-3H3. The van der Waals surface area contributed by atoms with Crippen molar-refractivity contribution < 1.29 is 18.8 Å². The maximum absolute atomic E-state index is 9.04. The van der Waals surface area contributed by atoms with E-state index < -0.39 is 0 Å². The molecule has 0 amide bonds. The normalized spacial score (nSPS) is 22.5. The molecule has 2 atom stereocenters. The van der Waals surface area contributed by atoms with Crippen LogP contribution in [0.1, 0.15) is 43.2 Å². The van der Waals surface area contributed by atoms with Crippen molar-refractivity contribution in [1.82, 2.24) is 10.5 Å². The van der Waals surface area contributed by atoms with Crippen molar-refractivity contribution >= 4 is 0 Å². The summed E-state index contributed by atoms with van der Waals surface area (Å²) in [5.74, 6) is 2.81. The van der Waals surface area contributed by atoms with Gasteiger partial charge in [0.15, 0.2) is 5.76 Å². The SMILES string of the molecule is COCc1cc(CC2CC(NCc3ccc(CO)o3)C2(C)C)no1. The highest BCUT2D eigenvalue weighted by Crippen LogP contribution is 2.47. The van der Waals surface area contributed by atoms with Crippen LogP contribution < -0.4 is 5.32 Å².